The average Bonchev–Trinajstić information content (AvgIpc) is 2.70. The highest BCUT2D eigenvalue weighted by atomic mass is 32.2. The third-order valence-electron chi connectivity index (χ3n) is 4.56. The molecular weight excluding hydrogens is 410 g/mol. The summed E-state index contributed by atoms with van der Waals surface area (Å²) in [5.74, 6) is -1.19. The van der Waals surface area contributed by atoms with Crippen LogP contribution in [0.2, 0.25) is 0 Å². The van der Waals surface area contributed by atoms with Gasteiger partial charge in [0.1, 0.15) is 11.6 Å². The van der Waals surface area contributed by atoms with Gasteiger partial charge in [-0.15, -0.1) is 0 Å². The molecule has 0 aliphatic rings. The van der Waals surface area contributed by atoms with Crippen molar-refractivity contribution in [3.63, 3.8) is 0 Å². The van der Waals surface area contributed by atoms with Gasteiger partial charge >= 0.3 is 0 Å². The van der Waals surface area contributed by atoms with Gasteiger partial charge in [0.15, 0.2) is 0 Å². The van der Waals surface area contributed by atoms with E-state index in [1.54, 1.807) is 19.1 Å². The van der Waals surface area contributed by atoms with Gasteiger partial charge in [-0.05, 0) is 79.6 Å². The van der Waals surface area contributed by atoms with Gasteiger partial charge < -0.3 is 5.32 Å². The number of aryl methyl sites for hydroxylation is 1. The van der Waals surface area contributed by atoms with Crippen molar-refractivity contribution >= 4 is 21.6 Å². The Labute approximate surface area is 173 Å². The first kappa shape index (κ1) is 21.4. The molecule has 0 fully saturated rings. The van der Waals surface area contributed by atoms with E-state index in [9.17, 15) is 22.0 Å². The van der Waals surface area contributed by atoms with E-state index in [-0.39, 0.29) is 33.9 Å². The molecule has 5 nitrogen and oxygen atoms in total. The molecule has 0 spiro atoms. The van der Waals surface area contributed by atoms with Crippen molar-refractivity contribution in [3.05, 3.63) is 95.1 Å². The Hall–Kier alpha value is -3.26. The molecule has 0 saturated heterocycles. The van der Waals surface area contributed by atoms with Crippen LogP contribution < -0.4 is 10.0 Å². The second-order valence-electron chi connectivity index (χ2n) is 6.84. The second kappa shape index (κ2) is 8.62. The maximum Gasteiger partial charge on any atom is 0.261 e. The molecule has 8 heteroatoms. The molecule has 2 N–H and O–H groups in total. The zero-order valence-electron chi connectivity index (χ0n) is 16.3. The van der Waals surface area contributed by atoms with Crippen molar-refractivity contribution in [2.75, 3.05) is 4.72 Å². The molecule has 0 bridgehead atoms. The summed E-state index contributed by atoms with van der Waals surface area (Å²) in [7, 11) is -3.89. The van der Waals surface area contributed by atoms with E-state index < -0.39 is 15.8 Å². The Morgan fingerprint density at radius 2 is 1.57 bits per heavy atom. The molecule has 3 aromatic carbocycles. The summed E-state index contributed by atoms with van der Waals surface area (Å²) in [6.45, 7) is 3.26. The molecule has 30 heavy (non-hydrogen) atoms. The highest BCUT2D eigenvalue weighted by Gasteiger charge is 2.16. The van der Waals surface area contributed by atoms with Crippen LogP contribution in [-0.2, 0) is 10.0 Å². The zero-order chi connectivity index (χ0) is 21.9. The van der Waals surface area contributed by atoms with E-state index >= 15 is 0 Å². The topological polar surface area (TPSA) is 75.3 Å². The van der Waals surface area contributed by atoms with Gasteiger partial charge in [0.25, 0.3) is 15.9 Å². The van der Waals surface area contributed by atoms with Crippen LogP contribution in [0.15, 0.2) is 71.6 Å². The minimum absolute atomic E-state index is 0.0589. The molecule has 3 aromatic rings. The number of nitrogens with one attached hydrogen (secondary N) is 2. The lowest BCUT2D eigenvalue weighted by molar-refractivity contribution is 0.0940. The standard InChI is InChI=1S/C22H20F2N2O3S/c1-14-13-20(11-12-21(14)24)30(28,29)26-19-9-5-17(6-10-19)22(27)25-15(2)16-3-7-18(23)8-4-16/h3-13,15,26H,1-2H3,(H,25,27). The third-order valence-corrected chi connectivity index (χ3v) is 5.94. The number of rotatable bonds is 6. The highest BCUT2D eigenvalue weighted by Crippen LogP contribution is 2.20. The fourth-order valence-electron chi connectivity index (χ4n) is 2.80. The first-order chi connectivity index (χ1) is 14.2. The zero-order valence-corrected chi connectivity index (χ0v) is 17.1. The molecule has 0 saturated carbocycles. The predicted octanol–water partition coefficient (Wildman–Crippen LogP) is 4.57. The average molecular weight is 430 g/mol. The van der Waals surface area contributed by atoms with E-state index in [2.05, 4.69) is 10.0 Å². The van der Waals surface area contributed by atoms with Crippen LogP contribution in [0.25, 0.3) is 0 Å². The summed E-state index contributed by atoms with van der Waals surface area (Å²) in [6, 6.07) is 14.9. The Balaban J connectivity index is 1.68. The minimum Gasteiger partial charge on any atom is -0.346 e. The number of sulfonamides is 1. The van der Waals surface area contributed by atoms with Gasteiger partial charge in [-0.1, -0.05) is 12.1 Å². The number of anilines is 1. The summed E-state index contributed by atoms with van der Waals surface area (Å²) in [5, 5.41) is 2.80. The van der Waals surface area contributed by atoms with Gasteiger partial charge in [0.2, 0.25) is 0 Å². The van der Waals surface area contributed by atoms with Gasteiger partial charge in [0, 0.05) is 11.3 Å². The Morgan fingerprint density at radius 1 is 0.933 bits per heavy atom. The quantitative estimate of drug-likeness (QED) is 0.602. The van der Waals surface area contributed by atoms with Gasteiger partial charge in [-0.3, -0.25) is 9.52 Å². The number of amides is 1. The Morgan fingerprint density at radius 3 is 2.17 bits per heavy atom. The largest absolute Gasteiger partial charge is 0.346 e. The number of halogens is 2. The summed E-state index contributed by atoms with van der Waals surface area (Å²) in [5.41, 5.74) is 1.58. The van der Waals surface area contributed by atoms with Crippen molar-refractivity contribution < 1.29 is 22.0 Å². The summed E-state index contributed by atoms with van der Waals surface area (Å²) in [6.07, 6.45) is 0. The molecule has 1 atom stereocenters. The van der Waals surface area contributed by atoms with E-state index in [0.717, 1.165) is 11.6 Å². The molecule has 156 valence electrons. The van der Waals surface area contributed by atoms with Gasteiger partial charge in [0.05, 0.1) is 10.9 Å². The van der Waals surface area contributed by atoms with Crippen LogP contribution >= 0.6 is 0 Å². The van der Waals surface area contributed by atoms with Crippen molar-refractivity contribution in [3.8, 4) is 0 Å². The first-order valence-electron chi connectivity index (χ1n) is 9.11. The molecule has 3 rings (SSSR count). The van der Waals surface area contributed by atoms with Crippen molar-refractivity contribution in [2.45, 2.75) is 24.8 Å². The lowest BCUT2D eigenvalue weighted by Crippen LogP contribution is -2.26. The highest BCUT2D eigenvalue weighted by molar-refractivity contribution is 7.92. The third kappa shape index (κ3) is 5.01. The Kier molecular flexibility index (Phi) is 6.17. The van der Waals surface area contributed by atoms with Crippen LogP contribution in [0.1, 0.15) is 34.5 Å². The maximum absolute atomic E-state index is 13.4. The lowest BCUT2D eigenvalue weighted by Gasteiger charge is -2.15. The normalized spacial score (nSPS) is 12.3. The van der Waals surface area contributed by atoms with Crippen molar-refractivity contribution in [1.82, 2.24) is 5.32 Å². The van der Waals surface area contributed by atoms with Crippen LogP contribution in [0.5, 0.6) is 0 Å². The van der Waals surface area contributed by atoms with Gasteiger partial charge in [-0.2, -0.15) is 0 Å². The van der Waals surface area contributed by atoms with E-state index in [1.807, 2.05) is 0 Å². The van der Waals surface area contributed by atoms with E-state index in [0.29, 0.717) is 5.56 Å². The summed E-state index contributed by atoms with van der Waals surface area (Å²) < 4.78 is 53.7. The summed E-state index contributed by atoms with van der Waals surface area (Å²) >= 11 is 0. The molecule has 0 aromatic heterocycles. The van der Waals surface area contributed by atoms with Crippen LogP contribution in [0.4, 0.5) is 14.5 Å². The smallest absolute Gasteiger partial charge is 0.261 e. The molecule has 0 radical (unpaired) electrons. The lowest BCUT2D eigenvalue weighted by atomic mass is 10.1. The predicted molar refractivity (Wildman–Crippen MR) is 111 cm³/mol. The fourth-order valence-corrected chi connectivity index (χ4v) is 3.95. The molecule has 1 amide bonds. The van der Waals surface area contributed by atoms with Crippen molar-refractivity contribution in [1.29, 1.82) is 0 Å². The number of carbonyl (C=O) groups is 1. The van der Waals surface area contributed by atoms with E-state index in [4.69, 9.17) is 0 Å². The van der Waals surface area contributed by atoms with Crippen LogP contribution in [0.3, 0.4) is 0 Å². The Bertz CT molecular complexity index is 1160. The van der Waals surface area contributed by atoms with Crippen molar-refractivity contribution in [2.24, 2.45) is 0 Å². The van der Waals surface area contributed by atoms with Gasteiger partial charge in [-0.25, -0.2) is 17.2 Å². The minimum atomic E-state index is -3.89. The number of hydrogen-bond donors (Lipinski definition) is 2. The number of carbonyl (C=O) groups excluding carboxylic acids is 1. The maximum atomic E-state index is 13.4. The molecule has 0 aliphatic carbocycles. The number of benzene rings is 3. The summed E-state index contributed by atoms with van der Waals surface area (Å²) in [4.78, 5) is 12.4. The van der Waals surface area contributed by atoms with Crippen LogP contribution in [0, 0.1) is 18.6 Å². The molecule has 0 heterocycles. The molecule has 1 unspecified atom stereocenters. The monoisotopic (exact) mass is 430 g/mol. The van der Waals surface area contributed by atoms with E-state index in [1.165, 1.54) is 55.5 Å². The first-order valence-corrected chi connectivity index (χ1v) is 10.6. The molecular formula is C22H20F2N2O3S. The molecule has 0 aliphatic heterocycles. The number of hydrogen-bond acceptors (Lipinski definition) is 3. The SMILES string of the molecule is Cc1cc(S(=O)(=O)Nc2ccc(C(=O)NC(C)c3ccc(F)cc3)cc2)ccc1F. The fraction of sp³-hybridized carbons (Fsp3) is 0.136. The van der Waals surface area contributed by atoms with Crippen LogP contribution in [-0.4, -0.2) is 14.3 Å². The second-order valence-corrected chi connectivity index (χ2v) is 8.52.